The summed E-state index contributed by atoms with van der Waals surface area (Å²) in [6.07, 6.45) is 5.57. The summed E-state index contributed by atoms with van der Waals surface area (Å²) in [4.78, 5) is 0. The summed E-state index contributed by atoms with van der Waals surface area (Å²) >= 11 is -35.7. The Balaban J connectivity index is -0.000000106. The maximum atomic E-state index is 11.6. The summed E-state index contributed by atoms with van der Waals surface area (Å²) in [5.41, 5.74) is 0. The molecule has 30 heteroatoms. The van der Waals surface area contributed by atoms with Crippen molar-refractivity contribution in [3.05, 3.63) is 0 Å². The van der Waals surface area contributed by atoms with Crippen LogP contribution in [0.2, 0.25) is 0 Å². The van der Waals surface area contributed by atoms with Crippen molar-refractivity contribution in [1.29, 1.82) is 0 Å². The van der Waals surface area contributed by atoms with Crippen LogP contribution >= 0.6 is 0 Å². The standard InChI is InChI=1S/4C4H9O.6FH.14O.6Sb/c4*1-2-3-4-5;;;;;;;;;;;;;;;;;;;;;;;;;;/h4*2-4H2,1H3;6*1H;;;;;;;;;;;;;;;;;;;;/q4*-1;;;;;;;;;;;;;8*-1;2*+1;4*+2/p-6. The van der Waals surface area contributed by atoms with Gasteiger partial charge in [-0.2, -0.15) is 0 Å². The van der Waals surface area contributed by atoms with Crippen LogP contribution in [-0.2, 0) is 30.2 Å². The molecule has 0 aliphatic rings. The molecule has 0 aromatic carbocycles. The van der Waals surface area contributed by atoms with Gasteiger partial charge < -0.3 is 0 Å². The van der Waals surface area contributed by atoms with E-state index in [2.05, 4.69) is 12.1 Å². The Kier molecular flexibility index (Phi) is 46.1. The molecule has 46 heavy (non-hydrogen) atoms. The predicted octanol–water partition coefficient (Wildman–Crippen LogP) is -4.92. The average Bonchev–Trinajstić information content (AvgIpc) is 2.76. The van der Waals surface area contributed by atoms with Crippen molar-refractivity contribution in [2.45, 2.75) is 79.1 Å². The molecule has 0 fully saturated rings. The first-order valence-corrected chi connectivity index (χ1v) is 36.8. The van der Waals surface area contributed by atoms with E-state index in [0.717, 1.165) is 25.7 Å². The summed E-state index contributed by atoms with van der Waals surface area (Å²) in [6, 6.07) is 0. The van der Waals surface area contributed by atoms with E-state index in [4.69, 9.17) is 19.6 Å². The van der Waals surface area contributed by atoms with Crippen LogP contribution in [0.1, 0.15) is 79.1 Å². The van der Waals surface area contributed by atoms with Crippen LogP contribution in [-0.4, -0.2) is 148 Å². The molecule has 0 amide bonds. The van der Waals surface area contributed by atoms with E-state index in [9.17, 15) is 42.5 Å². The van der Waals surface area contributed by atoms with E-state index in [1.165, 1.54) is 0 Å². The molecule has 0 aliphatic carbocycles. The monoisotopic (exact) mass is 1360 g/mol. The second kappa shape index (κ2) is 34.9. The van der Waals surface area contributed by atoms with Crippen molar-refractivity contribution < 1.29 is 74.1 Å². The van der Waals surface area contributed by atoms with E-state index in [1.54, 1.807) is 0 Å². The van der Waals surface area contributed by atoms with E-state index in [1.807, 2.05) is 27.7 Å². The summed E-state index contributed by atoms with van der Waals surface area (Å²) in [5.74, 6) is 0. The molecule has 0 aromatic rings. The Morgan fingerprint density at radius 2 is 0.478 bits per heavy atom. The van der Waals surface area contributed by atoms with Gasteiger partial charge >= 0.3 is 301 Å². The predicted molar refractivity (Wildman–Crippen MR) is 129 cm³/mol. The number of unbranched alkanes of at least 4 members (excludes halogenated alkanes) is 4. The van der Waals surface area contributed by atoms with Crippen molar-refractivity contribution in [1.82, 2.24) is 0 Å². The third kappa shape index (κ3) is 137. The van der Waals surface area contributed by atoms with Crippen molar-refractivity contribution in [3.63, 3.8) is 0 Å². The number of rotatable bonds is 16. The fraction of sp³-hybridized carbons (Fsp3) is 1.00. The number of hydrogen-bond acceptors (Lipinski definition) is 18. The quantitative estimate of drug-likeness (QED) is 0.0794. The molecule has 0 aliphatic heterocycles. The Morgan fingerprint density at radius 1 is 0.370 bits per heavy atom. The molecule has 0 heterocycles. The van der Waals surface area contributed by atoms with Gasteiger partial charge in [-0.25, -0.2) is 0 Å². The zero-order valence-electron chi connectivity index (χ0n) is 24.8. The Hall–Kier alpha value is 2.81. The van der Waals surface area contributed by atoms with Crippen LogP contribution in [0.3, 0.4) is 0 Å². The molecule has 0 aromatic heterocycles. The molecule has 0 saturated heterocycles. The summed E-state index contributed by atoms with van der Waals surface area (Å²) < 4.78 is 211. The van der Waals surface area contributed by atoms with Gasteiger partial charge in [-0.1, -0.05) is 0 Å². The Bertz CT molecular complexity index is 813. The molecular weight excluding hydrogens is 1320 g/mol. The molecule has 0 N–H and O–H groups in total. The van der Waals surface area contributed by atoms with Gasteiger partial charge in [-0.15, -0.1) is 0 Å². The van der Waals surface area contributed by atoms with Gasteiger partial charge in [0.15, 0.2) is 0 Å². The van der Waals surface area contributed by atoms with Gasteiger partial charge in [0, 0.05) is 0 Å². The average molecular weight is 1360 g/mol. The SMILES string of the molecule is CCCC[O][Sb](=[O])([O-])[F].CCCC[O][Sb](=[O])([O-])[F].CCCC[O][Sb](=[O])([O-])[F].CCCC[O][Sb](=[O])([O-])[F].[O]=[Sb]([O-])([O-])[F].[O]=[Sb]([O-])([O-])[F]. The zero-order valence-corrected chi connectivity index (χ0v) is 40.1. The minimum absolute atomic E-state index is 0.00833. The minimum atomic E-state index is -6.35. The van der Waals surface area contributed by atoms with Crippen LogP contribution in [0, 0.1) is 0 Å². The number of halogens is 6. The second-order valence-electron chi connectivity index (χ2n) is 7.33. The van der Waals surface area contributed by atoms with Crippen molar-refractivity contribution in [2.24, 2.45) is 0 Å². The topological polar surface area (TPSA) is 324 Å². The fourth-order valence-corrected chi connectivity index (χ4v) is 5.24. The maximum absolute atomic E-state index is 11.6. The molecule has 0 saturated carbocycles. The van der Waals surface area contributed by atoms with Gasteiger partial charge in [-0.05, 0) is 0 Å². The van der Waals surface area contributed by atoms with Crippen LogP contribution in [0.15, 0.2) is 0 Å². The Labute approximate surface area is 296 Å². The molecule has 18 nitrogen and oxygen atoms in total. The normalized spacial score (nSPS) is 16.0. The van der Waals surface area contributed by atoms with Gasteiger partial charge in [0.1, 0.15) is 0 Å². The molecule has 4 atom stereocenters. The van der Waals surface area contributed by atoms with Gasteiger partial charge in [0.05, 0.1) is 0 Å². The molecule has 288 valence electrons. The third-order valence-corrected chi connectivity index (χ3v) is 8.58. The molecule has 0 rings (SSSR count). The first-order valence-electron chi connectivity index (χ1n) is 12.3. The van der Waals surface area contributed by atoms with Crippen LogP contribution < -0.4 is 27.1 Å². The van der Waals surface area contributed by atoms with Crippen molar-refractivity contribution in [3.8, 4) is 0 Å². The van der Waals surface area contributed by atoms with Gasteiger partial charge in [0.2, 0.25) is 0 Å². The van der Waals surface area contributed by atoms with Gasteiger partial charge in [0.25, 0.3) is 0 Å². The van der Waals surface area contributed by atoms with Crippen molar-refractivity contribution >= 4 is 121 Å². The first-order chi connectivity index (χ1) is 20.2. The van der Waals surface area contributed by atoms with Crippen LogP contribution in [0.5, 0.6) is 0 Å². The first kappa shape index (κ1) is 60.9. The summed E-state index contributed by atoms with van der Waals surface area (Å²) in [5, 5.41) is 0. The third-order valence-electron chi connectivity index (χ3n) is 2.97. The van der Waals surface area contributed by atoms with E-state index < -0.39 is 121 Å². The second-order valence-corrected chi connectivity index (χ2v) is 25.0. The van der Waals surface area contributed by atoms with E-state index in [0.29, 0.717) is 25.7 Å². The molecule has 0 radical (unpaired) electrons. The number of hydrogen-bond donors (Lipinski definition) is 0. The van der Waals surface area contributed by atoms with Gasteiger partial charge in [-0.3, -0.25) is 0 Å². The van der Waals surface area contributed by atoms with Crippen molar-refractivity contribution in [2.75, 3.05) is 26.4 Å². The zero-order chi connectivity index (χ0) is 38.3. The molecule has 4 unspecified atom stereocenters. The summed E-state index contributed by atoms with van der Waals surface area (Å²) in [6.45, 7) is 7.44. The summed E-state index contributed by atoms with van der Waals surface area (Å²) in [7, 11) is 0. The van der Waals surface area contributed by atoms with Crippen LogP contribution in [0.4, 0.5) is 16.9 Å². The van der Waals surface area contributed by atoms with E-state index in [-0.39, 0.29) is 26.4 Å². The molecule has 0 bridgehead atoms. The van der Waals surface area contributed by atoms with E-state index >= 15 is 0 Å². The van der Waals surface area contributed by atoms with Crippen LogP contribution in [0.25, 0.3) is 0 Å². The Morgan fingerprint density at radius 3 is 0.543 bits per heavy atom. The fourth-order valence-electron chi connectivity index (χ4n) is 1.27. The molecular formula is C16H36F6O18Sb6-8. The molecule has 0 spiro atoms.